The van der Waals surface area contributed by atoms with Gasteiger partial charge in [-0.05, 0) is 85.2 Å². The van der Waals surface area contributed by atoms with Crippen LogP contribution in [0.1, 0.15) is 45.8 Å². The molecule has 0 amide bonds. The summed E-state index contributed by atoms with van der Waals surface area (Å²) in [5, 5.41) is 0.840. The summed E-state index contributed by atoms with van der Waals surface area (Å²) in [5.41, 5.74) is 5.53. The lowest BCUT2D eigenvalue weighted by molar-refractivity contribution is 0.377. The molecule has 4 aromatic heterocycles. The third kappa shape index (κ3) is 13.7. The van der Waals surface area contributed by atoms with Crippen LogP contribution in [0.5, 0.6) is 11.9 Å². The first-order valence-electron chi connectivity index (χ1n) is 11.5. The molecule has 0 aliphatic rings. The van der Waals surface area contributed by atoms with E-state index in [9.17, 15) is 0 Å². The van der Waals surface area contributed by atoms with Crippen molar-refractivity contribution in [3.05, 3.63) is 80.5 Å². The summed E-state index contributed by atoms with van der Waals surface area (Å²) < 4.78 is 9.78. The third-order valence-electron chi connectivity index (χ3n) is 4.19. The second kappa shape index (κ2) is 16.4. The largest absolute Gasteiger partial charge is 0.481 e. The molecule has 0 atom stereocenters. The number of hydrogen-bond acceptors (Lipinski definition) is 10. The highest BCUT2D eigenvalue weighted by Crippen LogP contribution is 2.07. The number of rotatable bonds is 2. The molecule has 4 heterocycles. The van der Waals surface area contributed by atoms with E-state index in [0.29, 0.717) is 22.3 Å². The van der Waals surface area contributed by atoms with Gasteiger partial charge in [-0.25, -0.2) is 34.9 Å². The Morgan fingerprint density at radius 2 is 0.895 bits per heavy atom. The topological polar surface area (TPSA) is 122 Å². The number of ether oxygens (including phenoxy) is 2. The summed E-state index contributed by atoms with van der Waals surface area (Å²) in [6.07, 6.45) is 0. The monoisotopic (exact) mass is 560 g/mol. The van der Waals surface area contributed by atoms with Crippen LogP contribution in [0.15, 0.2) is 24.3 Å². The maximum absolute atomic E-state index is 5.60. The van der Waals surface area contributed by atoms with Crippen LogP contribution in [0.4, 0.5) is 0 Å². The second-order valence-corrected chi connectivity index (χ2v) is 8.76. The van der Waals surface area contributed by atoms with Gasteiger partial charge in [0.2, 0.25) is 11.2 Å². The van der Waals surface area contributed by atoms with Crippen LogP contribution in [-0.2, 0) is 0 Å². The zero-order valence-corrected chi connectivity index (χ0v) is 25.0. The fraction of sp³-hybridized carbons (Fsp3) is 0.385. The number of hydrogen-bond donors (Lipinski definition) is 0. The molecule has 10 nitrogen and oxygen atoms in total. The SMILES string of the molecule is COc1cc(C)nc(C)n1.COc1nc(C)cc(C)n1.Cc1cc(C)nc(Cl)n1.Cc1cc(Cl)nc(C)n1. The summed E-state index contributed by atoms with van der Waals surface area (Å²) in [6, 6.07) is 7.76. The van der Waals surface area contributed by atoms with E-state index < -0.39 is 0 Å². The van der Waals surface area contributed by atoms with Gasteiger partial charge in [0.15, 0.2) is 0 Å². The fourth-order valence-corrected chi connectivity index (χ4v) is 3.47. The van der Waals surface area contributed by atoms with Crippen molar-refractivity contribution in [1.82, 2.24) is 39.9 Å². The standard InChI is InChI=1S/2C7H10N2O.2C6H7ClN2/c1-5-4-7(10-3)9-6(2)8-5;1-5-4-6(2)9-7(8-5)10-3;1-4-3-6(7)9-5(2)8-4;1-4-3-5(2)9-6(7)8-4/h2*4H,1-3H3;2*3H,1-2H3. The molecule has 0 saturated heterocycles. The minimum atomic E-state index is 0.326. The van der Waals surface area contributed by atoms with E-state index in [1.807, 2.05) is 67.5 Å². The summed E-state index contributed by atoms with van der Waals surface area (Å²) >= 11 is 11.1. The maximum Gasteiger partial charge on any atom is 0.316 e. The van der Waals surface area contributed by atoms with Crippen molar-refractivity contribution in [2.45, 2.75) is 55.4 Å². The van der Waals surface area contributed by atoms with Gasteiger partial charge in [0, 0.05) is 40.2 Å². The van der Waals surface area contributed by atoms with Gasteiger partial charge in [-0.1, -0.05) is 11.6 Å². The smallest absolute Gasteiger partial charge is 0.316 e. The van der Waals surface area contributed by atoms with Crippen LogP contribution in [0.3, 0.4) is 0 Å². The Kier molecular flexibility index (Phi) is 14.0. The molecule has 0 radical (unpaired) electrons. The lowest BCUT2D eigenvalue weighted by Gasteiger charge is -1.99. The average Bonchev–Trinajstić information content (AvgIpc) is 2.77. The maximum atomic E-state index is 5.60. The summed E-state index contributed by atoms with van der Waals surface area (Å²) in [5.74, 6) is 2.10. The van der Waals surface area contributed by atoms with Crippen molar-refractivity contribution in [3.8, 4) is 11.9 Å². The van der Waals surface area contributed by atoms with Gasteiger partial charge in [-0.3, -0.25) is 0 Å². The predicted molar refractivity (Wildman–Crippen MR) is 149 cm³/mol. The van der Waals surface area contributed by atoms with Crippen molar-refractivity contribution < 1.29 is 9.47 Å². The number of aromatic nitrogens is 8. The first-order chi connectivity index (χ1) is 17.8. The van der Waals surface area contributed by atoms with Crippen molar-refractivity contribution in [2.24, 2.45) is 0 Å². The Bertz CT molecular complexity index is 1080. The van der Waals surface area contributed by atoms with Crippen LogP contribution in [-0.4, -0.2) is 54.1 Å². The highest BCUT2D eigenvalue weighted by atomic mass is 35.5. The molecule has 0 saturated carbocycles. The van der Waals surface area contributed by atoms with E-state index in [1.54, 1.807) is 26.4 Å². The minimum absolute atomic E-state index is 0.326. The summed E-state index contributed by atoms with van der Waals surface area (Å²) in [6.45, 7) is 15.1. The number of methoxy groups -OCH3 is 2. The molecule has 12 heteroatoms. The van der Waals surface area contributed by atoms with Crippen LogP contribution in [0, 0.1) is 55.4 Å². The highest BCUT2D eigenvalue weighted by molar-refractivity contribution is 6.29. The molecular formula is C26H34Cl2N8O2. The first-order valence-corrected chi connectivity index (χ1v) is 12.2. The Labute approximate surface area is 234 Å². The van der Waals surface area contributed by atoms with E-state index in [1.165, 1.54) is 0 Å². The van der Waals surface area contributed by atoms with Gasteiger partial charge in [-0.2, -0.15) is 4.98 Å². The number of nitrogens with zero attached hydrogens (tertiary/aromatic N) is 8. The molecule has 0 bridgehead atoms. The average molecular weight is 562 g/mol. The van der Waals surface area contributed by atoms with Crippen molar-refractivity contribution in [2.75, 3.05) is 14.2 Å². The summed E-state index contributed by atoms with van der Waals surface area (Å²) in [7, 11) is 3.16. The molecule has 204 valence electrons. The highest BCUT2D eigenvalue weighted by Gasteiger charge is 1.97. The normalized spacial score (nSPS) is 9.58. The number of aryl methyl sites for hydroxylation is 8. The first kappa shape index (κ1) is 32.5. The van der Waals surface area contributed by atoms with E-state index >= 15 is 0 Å². The molecule has 0 unspecified atom stereocenters. The van der Waals surface area contributed by atoms with Gasteiger partial charge in [0.05, 0.1) is 14.2 Å². The third-order valence-corrected chi connectivity index (χ3v) is 4.55. The fourth-order valence-electron chi connectivity index (χ4n) is 2.93. The van der Waals surface area contributed by atoms with Crippen molar-refractivity contribution in [1.29, 1.82) is 0 Å². The van der Waals surface area contributed by atoms with Crippen LogP contribution in [0.25, 0.3) is 0 Å². The van der Waals surface area contributed by atoms with Crippen LogP contribution in [0.2, 0.25) is 10.4 Å². The van der Waals surface area contributed by atoms with E-state index in [4.69, 9.17) is 32.7 Å². The van der Waals surface area contributed by atoms with Gasteiger partial charge in [0.25, 0.3) is 0 Å². The minimum Gasteiger partial charge on any atom is -0.481 e. The lowest BCUT2D eigenvalue weighted by atomic mass is 10.4. The zero-order valence-electron chi connectivity index (χ0n) is 23.5. The van der Waals surface area contributed by atoms with Crippen LogP contribution >= 0.6 is 23.2 Å². The van der Waals surface area contributed by atoms with E-state index in [2.05, 4.69) is 39.9 Å². The number of halogens is 2. The molecule has 0 aliphatic heterocycles. The molecule has 0 aliphatic carbocycles. The Morgan fingerprint density at radius 3 is 1.26 bits per heavy atom. The Balaban J connectivity index is 0.000000254. The molecule has 4 aromatic rings. The van der Waals surface area contributed by atoms with Crippen molar-refractivity contribution >= 4 is 23.2 Å². The van der Waals surface area contributed by atoms with Gasteiger partial charge >= 0.3 is 6.01 Å². The van der Waals surface area contributed by atoms with Gasteiger partial charge in [-0.15, -0.1) is 0 Å². The van der Waals surface area contributed by atoms with Crippen LogP contribution < -0.4 is 9.47 Å². The van der Waals surface area contributed by atoms with Crippen molar-refractivity contribution in [3.63, 3.8) is 0 Å². The molecule has 0 fully saturated rings. The van der Waals surface area contributed by atoms with Gasteiger partial charge < -0.3 is 9.47 Å². The molecule has 0 N–H and O–H groups in total. The van der Waals surface area contributed by atoms with Gasteiger partial charge in [0.1, 0.15) is 16.8 Å². The quantitative estimate of drug-likeness (QED) is 0.223. The lowest BCUT2D eigenvalue weighted by Crippen LogP contribution is -1.95. The van der Waals surface area contributed by atoms with E-state index in [-0.39, 0.29) is 0 Å². The Hall–Kier alpha value is -3.50. The molecular weight excluding hydrogens is 527 g/mol. The second-order valence-electron chi connectivity index (χ2n) is 8.04. The molecule has 38 heavy (non-hydrogen) atoms. The molecule has 0 spiro atoms. The predicted octanol–water partition coefficient (Wildman–Crippen LogP) is 5.70. The molecule has 0 aromatic carbocycles. The zero-order chi connectivity index (χ0) is 28.8. The molecule has 4 rings (SSSR count). The Morgan fingerprint density at radius 1 is 0.474 bits per heavy atom. The summed E-state index contributed by atoms with van der Waals surface area (Å²) in [4.78, 5) is 31.9. The van der Waals surface area contributed by atoms with E-state index in [0.717, 1.165) is 45.8 Å².